The minimum absolute atomic E-state index is 0.266. The standard InChI is InChI=1S/C34H29Br/c35-29-5-3-4-25(19-29)23-8-10-24(11-9-23)26-12-13-33-31(20-26)30-6-1-2-7-32(30)34(33)27-15-21-14-22(17-27)18-28(34)16-21/h1-13,19-22,27-28H,14-18H2. The SMILES string of the molecule is Brc1cccc(-c2ccc(-c3ccc4c(c3)-c3ccccc3C43C4CC5CC(C4)CC3C5)cc2)c1. The lowest BCUT2D eigenvalue weighted by Crippen LogP contribution is -2.55. The molecule has 0 aromatic heterocycles. The van der Waals surface area contributed by atoms with Crippen LogP contribution in [-0.2, 0) is 5.41 Å². The third-order valence-corrected chi connectivity index (χ3v) is 10.4. The third kappa shape index (κ3) is 2.85. The van der Waals surface area contributed by atoms with Crippen LogP contribution in [0.5, 0.6) is 0 Å². The Morgan fingerprint density at radius 3 is 1.80 bits per heavy atom. The highest BCUT2D eigenvalue weighted by molar-refractivity contribution is 9.10. The molecule has 0 heterocycles. The van der Waals surface area contributed by atoms with E-state index in [1.165, 1.54) is 65.5 Å². The Kier molecular flexibility index (Phi) is 4.36. The van der Waals surface area contributed by atoms with Crippen molar-refractivity contribution < 1.29 is 0 Å². The first kappa shape index (κ1) is 20.5. The van der Waals surface area contributed by atoms with Crippen molar-refractivity contribution >= 4 is 15.9 Å². The van der Waals surface area contributed by atoms with Gasteiger partial charge in [0.25, 0.3) is 0 Å². The van der Waals surface area contributed by atoms with Crippen LogP contribution in [-0.4, -0.2) is 0 Å². The fourth-order valence-electron chi connectivity index (χ4n) is 8.86. The fraction of sp³-hybridized carbons (Fsp3) is 0.294. The summed E-state index contributed by atoms with van der Waals surface area (Å²) in [5.74, 6) is 3.64. The number of hydrogen-bond acceptors (Lipinski definition) is 0. The maximum absolute atomic E-state index is 3.61. The predicted molar refractivity (Wildman–Crippen MR) is 148 cm³/mol. The van der Waals surface area contributed by atoms with Crippen LogP contribution in [0.1, 0.15) is 43.2 Å². The number of halogens is 1. The average molecular weight is 518 g/mol. The maximum atomic E-state index is 3.61. The van der Waals surface area contributed by atoms with E-state index in [0.29, 0.717) is 0 Å². The van der Waals surface area contributed by atoms with Gasteiger partial charge in [-0.15, -0.1) is 0 Å². The summed E-state index contributed by atoms with van der Waals surface area (Å²) in [5.41, 5.74) is 11.7. The molecule has 0 saturated heterocycles. The van der Waals surface area contributed by atoms with Gasteiger partial charge >= 0.3 is 0 Å². The van der Waals surface area contributed by atoms with Crippen LogP contribution in [0.25, 0.3) is 33.4 Å². The van der Waals surface area contributed by atoms with Crippen molar-refractivity contribution in [2.75, 3.05) is 0 Å². The van der Waals surface area contributed by atoms with E-state index in [0.717, 1.165) is 28.1 Å². The Labute approximate surface area is 216 Å². The van der Waals surface area contributed by atoms with Gasteiger partial charge in [0.05, 0.1) is 0 Å². The highest BCUT2D eigenvalue weighted by Gasteiger charge is 2.61. The molecule has 4 aromatic rings. The predicted octanol–water partition coefficient (Wildman–Crippen LogP) is 9.51. The monoisotopic (exact) mass is 516 g/mol. The van der Waals surface area contributed by atoms with Crippen LogP contribution in [0.2, 0.25) is 0 Å². The smallest absolute Gasteiger partial charge is 0.0271 e. The molecule has 4 bridgehead atoms. The van der Waals surface area contributed by atoms with E-state index in [1.807, 2.05) is 0 Å². The zero-order chi connectivity index (χ0) is 23.1. The largest absolute Gasteiger partial charge is 0.0619 e. The molecule has 5 aliphatic rings. The van der Waals surface area contributed by atoms with E-state index in [-0.39, 0.29) is 5.41 Å². The molecule has 0 radical (unpaired) electrons. The lowest BCUT2D eigenvalue weighted by Gasteiger charge is -2.61. The molecular formula is C34H29Br. The van der Waals surface area contributed by atoms with E-state index < -0.39 is 0 Å². The minimum atomic E-state index is 0.266. The Morgan fingerprint density at radius 1 is 0.514 bits per heavy atom. The molecule has 1 heteroatoms. The molecule has 4 aromatic carbocycles. The van der Waals surface area contributed by atoms with Gasteiger partial charge in [0.15, 0.2) is 0 Å². The summed E-state index contributed by atoms with van der Waals surface area (Å²) in [4.78, 5) is 0. The van der Waals surface area contributed by atoms with Gasteiger partial charge < -0.3 is 0 Å². The van der Waals surface area contributed by atoms with Gasteiger partial charge in [-0.3, -0.25) is 0 Å². The lowest BCUT2D eigenvalue weighted by molar-refractivity contribution is -0.0399. The van der Waals surface area contributed by atoms with Gasteiger partial charge in [-0.05, 0) is 118 Å². The third-order valence-electron chi connectivity index (χ3n) is 9.93. The van der Waals surface area contributed by atoms with Crippen molar-refractivity contribution in [3.8, 4) is 33.4 Å². The van der Waals surface area contributed by atoms with Crippen LogP contribution >= 0.6 is 15.9 Å². The van der Waals surface area contributed by atoms with E-state index >= 15 is 0 Å². The van der Waals surface area contributed by atoms with Gasteiger partial charge in [0.1, 0.15) is 0 Å². The second-order valence-corrected chi connectivity index (χ2v) is 12.5. The fourth-order valence-corrected chi connectivity index (χ4v) is 9.26. The van der Waals surface area contributed by atoms with Crippen molar-refractivity contribution in [1.82, 2.24) is 0 Å². The maximum Gasteiger partial charge on any atom is 0.0271 e. The van der Waals surface area contributed by atoms with Crippen molar-refractivity contribution in [3.05, 3.63) is 107 Å². The highest BCUT2D eigenvalue weighted by Crippen LogP contribution is 2.69. The molecule has 0 aliphatic heterocycles. The Balaban J connectivity index is 1.24. The molecular weight excluding hydrogens is 488 g/mol. The van der Waals surface area contributed by atoms with Gasteiger partial charge in [-0.25, -0.2) is 0 Å². The highest BCUT2D eigenvalue weighted by atomic mass is 79.9. The molecule has 9 rings (SSSR count). The first-order valence-electron chi connectivity index (χ1n) is 13.3. The van der Waals surface area contributed by atoms with Crippen molar-refractivity contribution in [2.45, 2.75) is 37.5 Å². The van der Waals surface area contributed by atoms with Crippen molar-refractivity contribution in [1.29, 1.82) is 0 Å². The van der Waals surface area contributed by atoms with Crippen molar-refractivity contribution in [3.63, 3.8) is 0 Å². The molecule has 0 N–H and O–H groups in total. The average Bonchev–Trinajstić information content (AvgIpc) is 3.17. The van der Waals surface area contributed by atoms with E-state index in [1.54, 1.807) is 11.1 Å². The molecule has 1 spiro atoms. The second kappa shape index (κ2) is 7.43. The van der Waals surface area contributed by atoms with E-state index in [2.05, 4.69) is 107 Å². The van der Waals surface area contributed by atoms with Crippen LogP contribution < -0.4 is 0 Å². The van der Waals surface area contributed by atoms with Gasteiger partial charge in [-0.2, -0.15) is 0 Å². The van der Waals surface area contributed by atoms with Crippen LogP contribution in [0.15, 0.2) is 95.5 Å². The van der Waals surface area contributed by atoms with Gasteiger partial charge in [0.2, 0.25) is 0 Å². The first-order valence-corrected chi connectivity index (χ1v) is 14.1. The molecule has 0 unspecified atom stereocenters. The summed E-state index contributed by atoms with van der Waals surface area (Å²) >= 11 is 3.61. The number of hydrogen-bond donors (Lipinski definition) is 0. The minimum Gasteiger partial charge on any atom is -0.0619 e. The Morgan fingerprint density at radius 2 is 1.11 bits per heavy atom. The second-order valence-electron chi connectivity index (χ2n) is 11.6. The zero-order valence-corrected chi connectivity index (χ0v) is 21.5. The molecule has 0 nitrogen and oxygen atoms in total. The molecule has 35 heavy (non-hydrogen) atoms. The summed E-state index contributed by atoms with van der Waals surface area (Å²) < 4.78 is 1.12. The normalized spacial score (nSPS) is 29.4. The number of fused-ring (bicyclic) bond motifs is 3. The Hall–Kier alpha value is -2.64. The molecule has 172 valence electrons. The van der Waals surface area contributed by atoms with Crippen molar-refractivity contribution in [2.24, 2.45) is 23.7 Å². The lowest BCUT2D eigenvalue weighted by atomic mass is 9.43. The molecule has 4 saturated carbocycles. The topological polar surface area (TPSA) is 0 Å². The molecule has 5 aliphatic carbocycles. The van der Waals surface area contributed by atoms with Gasteiger partial charge in [-0.1, -0.05) is 88.7 Å². The van der Waals surface area contributed by atoms with Crippen LogP contribution in [0.4, 0.5) is 0 Å². The first-order chi connectivity index (χ1) is 17.2. The zero-order valence-electron chi connectivity index (χ0n) is 19.9. The molecule has 0 atom stereocenters. The number of benzene rings is 4. The number of rotatable bonds is 2. The quantitative estimate of drug-likeness (QED) is 0.248. The van der Waals surface area contributed by atoms with E-state index in [9.17, 15) is 0 Å². The summed E-state index contributed by atoms with van der Waals surface area (Å²) in [5, 5.41) is 0. The van der Waals surface area contributed by atoms with Crippen LogP contribution in [0, 0.1) is 23.7 Å². The molecule has 4 fully saturated rings. The summed E-state index contributed by atoms with van der Waals surface area (Å²) in [6.07, 6.45) is 7.28. The molecule has 0 amide bonds. The van der Waals surface area contributed by atoms with Gasteiger partial charge in [0, 0.05) is 9.89 Å². The Bertz CT molecular complexity index is 1430. The van der Waals surface area contributed by atoms with E-state index in [4.69, 9.17) is 0 Å². The van der Waals surface area contributed by atoms with Crippen LogP contribution in [0.3, 0.4) is 0 Å². The summed E-state index contributed by atoms with van der Waals surface area (Å²) in [6, 6.07) is 34.5. The summed E-state index contributed by atoms with van der Waals surface area (Å²) in [6.45, 7) is 0. The summed E-state index contributed by atoms with van der Waals surface area (Å²) in [7, 11) is 0.